The van der Waals surface area contributed by atoms with Gasteiger partial charge in [0.25, 0.3) is 0 Å². The van der Waals surface area contributed by atoms with Gasteiger partial charge >= 0.3 is 0 Å². The Morgan fingerprint density at radius 2 is 1.95 bits per heavy atom. The molecule has 3 N–H and O–H groups in total. The molecule has 0 spiro atoms. The fourth-order valence-corrected chi connectivity index (χ4v) is 1.90. The third-order valence-corrected chi connectivity index (χ3v) is 3.03. The minimum absolute atomic E-state index is 0.567. The largest absolute Gasteiger partial charge is 0.353 e. The highest BCUT2D eigenvalue weighted by molar-refractivity contribution is 5.64. The molecule has 0 aliphatic heterocycles. The normalized spacial score (nSPS) is 10.5. The Kier molecular flexibility index (Phi) is 4.47. The van der Waals surface area contributed by atoms with E-state index in [0.717, 1.165) is 23.2 Å². The van der Waals surface area contributed by atoms with E-state index in [-0.39, 0.29) is 0 Å². The van der Waals surface area contributed by atoms with Crippen LogP contribution in [0.15, 0.2) is 30.5 Å². The molecule has 1 aromatic heterocycles. The molecule has 0 radical (unpaired) electrons. The summed E-state index contributed by atoms with van der Waals surface area (Å²) in [5, 5.41) is 3.11. The zero-order chi connectivity index (χ0) is 13.7. The molecule has 0 saturated heterocycles. The van der Waals surface area contributed by atoms with Crippen LogP contribution in [0.3, 0.4) is 0 Å². The molecule has 0 aliphatic rings. The molecule has 0 aliphatic carbocycles. The molecule has 0 unspecified atom stereocenters. The molecular formula is C15H20N4. The highest BCUT2D eigenvalue weighted by atomic mass is 15.1. The van der Waals surface area contributed by atoms with Gasteiger partial charge in [-0.1, -0.05) is 31.2 Å². The predicted octanol–water partition coefficient (Wildman–Crippen LogP) is 2.39. The average Bonchev–Trinajstić information content (AvgIpc) is 2.46. The molecule has 0 amide bonds. The molecule has 0 saturated carbocycles. The predicted molar refractivity (Wildman–Crippen MR) is 79.1 cm³/mol. The monoisotopic (exact) mass is 256 g/mol. The third-order valence-electron chi connectivity index (χ3n) is 3.03. The van der Waals surface area contributed by atoms with Crippen LogP contribution in [0.1, 0.15) is 18.1 Å². The maximum absolute atomic E-state index is 5.47. The number of aromatic nitrogens is 2. The van der Waals surface area contributed by atoms with Crippen molar-refractivity contribution in [3.63, 3.8) is 0 Å². The minimum Gasteiger partial charge on any atom is -0.353 e. The van der Waals surface area contributed by atoms with E-state index in [0.29, 0.717) is 19.0 Å². The summed E-state index contributed by atoms with van der Waals surface area (Å²) in [6.07, 6.45) is 2.89. The first-order chi connectivity index (χ1) is 9.24. The van der Waals surface area contributed by atoms with E-state index >= 15 is 0 Å². The maximum Gasteiger partial charge on any atom is 0.223 e. The summed E-state index contributed by atoms with van der Waals surface area (Å²) in [4.78, 5) is 8.82. The summed E-state index contributed by atoms with van der Waals surface area (Å²) < 4.78 is 0. The lowest BCUT2D eigenvalue weighted by molar-refractivity contribution is 0.986. The van der Waals surface area contributed by atoms with Crippen molar-refractivity contribution in [2.45, 2.75) is 20.3 Å². The number of rotatable bonds is 5. The summed E-state index contributed by atoms with van der Waals surface area (Å²) in [6.45, 7) is 5.42. The number of benzene rings is 1. The van der Waals surface area contributed by atoms with Crippen molar-refractivity contribution in [3.8, 4) is 11.3 Å². The Labute approximate surface area is 114 Å². The smallest absolute Gasteiger partial charge is 0.223 e. The zero-order valence-corrected chi connectivity index (χ0v) is 11.5. The van der Waals surface area contributed by atoms with Crippen LogP contribution in [0.2, 0.25) is 0 Å². The van der Waals surface area contributed by atoms with Gasteiger partial charge in [0.15, 0.2) is 0 Å². The Balaban J connectivity index is 2.31. The van der Waals surface area contributed by atoms with Crippen molar-refractivity contribution in [2.75, 3.05) is 18.4 Å². The molecule has 100 valence electrons. The Bertz CT molecular complexity index is 534. The van der Waals surface area contributed by atoms with Gasteiger partial charge in [0, 0.05) is 24.8 Å². The number of hydrogen-bond acceptors (Lipinski definition) is 4. The van der Waals surface area contributed by atoms with E-state index in [1.54, 1.807) is 0 Å². The van der Waals surface area contributed by atoms with Gasteiger partial charge in [-0.2, -0.15) is 0 Å². The van der Waals surface area contributed by atoms with E-state index in [1.165, 1.54) is 5.56 Å². The first-order valence-electron chi connectivity index (χ1n) is 6.61. The van der Waals surface area contributed by atoms with Crippen LogP contribution in [0.25, 0.3) is 11.3 Å². The number of aryl methyl sites for hydroxylation is 2. The van der Waals surface area contributed by atoms with E-state index < -0.39 is 0 Å². The minimum atomic E-state index is 0.567. The van der Waals surface area contributed by atoms with E-state index in [2.05, 4.69) is 46.5 Å². The second-order valence-corrected chi connectivity index (χ2v) is 4.49. The Morgan fingerprint density at radius 1 is 1.21 bits per heavy atom. The SMILES string of the molecule is CCc1ccc(-c2nc(NCCN)ncc2C)cc1. The van der Waals surface area contributed by atoms with Crippen LogP contribution in [0.5, 0.6) is 0 Å². The van der Waals surface area contributed by atoms with E-state index in [9.17, 15) is 0 Å². The van der Waals surface area contributed by atoms with Crippen molar-refractivity contribution in [2.24, 2.45) is 5.73 Å². The maximum atomic E-state index is 5.47. The summed E-state index contributed by atoms with van der Waals surface area (Å²) in [7, 11) is 0. The number of nitrogens with zero attached hydrogens (tertiary/aromatic N) is 2. The fraction of sp³-hybridized carbons (Fsp3) is 0.333. The lowest BCUT2D eigenvalue weighted by atomic mass is 10.1. The summed E-state index contributed by atoms with van der Waals surface area (Å²) >= 11 is 0. The highest BCUT2D eigenvalue weighted by Crippen LogP contribution is 2.22. The molecule has 4 heteroatoms. The molecule has 4 nitrogen and oxygen atoms in total. The van der Waals surface area contributed by atoms with Gasteiger partial charge in [-0.05, 0) is 24.5 Å². The standard InChI is InChI=1S/C15H20N4/c1-3-12-4-6-13(7-5-12)14-11(2)10-18-15(19-14)17-9-8-16/h4-7,10H,3,8-9,16H2,1-2H3,(H,17,18,19). The van der Waals surface area contributed by atoms with Gasteiger partial charge in [0.2, 0.25) is 5.95 Å². The van der Waals surface area contributed by atoms with Crippen molar-refractivity contribution >= 4 is 5.95 Å². The average molecular weight is 256 g/mol. The van der Waals surface area contributed by atoms with Crippen molar-refractivity contribution < 1.29 is 0 Å². The molecule has 0 atom stereocenters. The molecule has 2 aromatic rings. The van der Waals surface area contributed by atoms with Gasteiger partial charge in [-0.15, -0.1) is 0 Å². The van der Waals surface area contributed by atoms with E-state index in [1.807, 2.05) is 13.1 Å². The topological polar surface area (TPSA) is 63.8 Å². The van der Waals surface area contributed by atoms with Gasteiger partial charge < -0.3 is 11.1 Å². The van der Waals surface area contributed by atoms with Gasteiger partial charge in [0.1, 0.15) is 0 Å². The van der Waals surface area contributed by atoms with Crippen molar-refractivity contribution in [1.82, 2.24) is 9.97 Å². The molecule has 0 fully saturated rings. The number of nitrogens with two attached hydrogens (primary N) is 1. The second-order valence-electron chi connectivity index (χ2n) is 4.49. The first-order valence-corrected chi connectivity index (χ1v) is 6.61. The molecule has 2 rings (SSSR count). The zero-order valence-electron chi connectivity index (χ0n) is 11.5. The quantitative estimate of drug-likeness (QED) is 0.862. The first kappa shape index (κ1) is 13.5. The van der Waals surface area contributed by atoms with Crippen LogP contribution in [0.4, 0.5) is 5.95 Å². The second kappa shape index (κ2) is 6.29. The summed E-state index contributed by atoms with van der Waals surface area (Å²) in [5.41, 5.74) is 9.96. The molecular weight excluding hydrogens is 236 g/mol. The highest BCUT2D eigenvalue weighted by Gasteiger charge is 2.06. The van der Waals surface area contributed by atoms with Crippen molar-refractivity contribution in [3.05, 3.63) is 41.6 Å². The van der Waals surface area contributed by atoms with Gasteiger partial charge in [-0.3, -0.25) is 0 Å². The van der Waals surface area contributed by atoms with Crippen LogP contribution < -0.4 is 11.1 Å². The summed E-state index contributed by atoms with van der Waals surface area (Å²) in [5.74, 6) is 0.630. The van der Waals surface area contributed by atoms with E-state index in [4.69, 9.17) is 5.73 Å². The lowest BCUT2D eigenvalue weighted by Crippen LogP contribution is -2.15. The number of nitrogens with one attached hydrogen (secondary N) is 1. The fourth-order valence-electron chi connectivity index (χ4n) is 1.90. The molecule has 1 aromatic carbocycles. The van der Waals surface area contributed by atoms with Gasteiger partial charge in [-0.25, -0.2) is 9.97 Å². The molecule has 1 heterocycles. The van der Waals surface area contributed by atoms with Crippen LogP contribution >= 0.6 is 0 Å². The van der Waals surface area contributed by atoms with Crippen LogP contribution in [-0.4, -0.2) is 23.1 Å². The number of hydrogen-bond donors (Lipinski definition) is 2. The third kappa shape index (κ3) is 3.29. The lowest BCUT2D eigenvalue weighted by Gasteiger charge is -2.09. The Hall–Kier alpha value is -1.94. The van der Waals surface area contributed by atoms with Gasteiger partial charge in [0.05, 0.1) is 5.69 Å². The van der Waals surface area contributed by atoms with Crippen LogP contribution in [-0.2, 0) is 6.42 Å². The number of anilines is 1. The van der Waals surface area contributed by atoms with Crippen molar-refractivity contribution in [1.29, 1.82) is 0 Å². The molecule has 19 heavy (non-hydrogen) atoms. The molecule has 0 bridgehead atoms. The Morgan fingerprint density at radius 3 is 2.58 bits per heavy atom. The van der Waals surface area contributed by atoms with Crippen LogP contribution in [0, 0.1) is 6.92 Å². The summed E-state index contributed by atoms with van der Waals surface area (Å²) in [6, 6.07) is 8.51.